The molecule has 0 saturated carbocycles. The lowest BCUT2D eigenvalue weighted by atomic mass is 10.0. The molecule has 1 unspecified atom stereocenters. The van der Waals surface area contributed by atoms with Gasteiger partial charge in [-0.25, -0.2) is 4.39 Å². The van der Waals surface area contributed by atoms with Gasteiger partial charge in [0.1, 0.15) is 5.82 Å². The van der Waals surface area contributed by atoms with Crippen LogP contribution < -0.4 is 5.73 Å². The molecular formula is C16H21FN2O. The van der Waals surface area contributed by atoms with Gasteiger partial charge in [0.25, 0.3) is 5.91 Å². The van der Waals surface area contributed by atoms with Crippen molar-refractivity contribution in [1.29, 1.82) is 0 Å². The number of halogens is 1. The van der Waals surface area contributed by atoms with Gasteiger partial charge in [0, 0.05) is 18.2 Å². The summed E-state index contributed by atoms with van der Waals surface area (Å²) < 4.78 is 13.4. The van der Waals surface area contributed by atoms with Crippen LogP contribution in [-0.4, -0.2) is 29.9 Å². The van der Waals surface area contributed by atoms with Gasteiger partial charge in [-0.2, -0.15) is 0 Å². The van der Waals surface area contributed by atoms with Crippen molar-refractivity contribution in [2.45, 2.75) is 33.2 Å². The lowest BCUT2D eigenvalue weighted by Gasteiger charge is -2.27. The second-order valence-corrected chi connectivity index (χ2v) is 4.54. The molecule has 0 aliphatic heterocycles. The molecule has 1 amide bonds. The van der Waals surface area contributed by atoms with E-state index in [1.54, 1.807) is 4.90 Å². The van der Waals surface area contributed by atoms with Gasteiger partial charge < -0.3 is 10.6 Å². The Hall–Kier alpha value is -1.86. The smallest absolute Gasteiger partial charge is 0.255 e. The summed E-state index contributed by atoms with van der Waals surface area (Å²) in [6.07, 6.45) is 0.846. The Balaban J connectivity index is 3.22. The van der Waals surface area contributed by atoms with Crippen molar-refractivity contribution in [3.05, 3.63) is 35.1 Å². The second-order valence-electron chi connectivity index (χ2n) is 4.54. The zero-order valence-electron chi connectivity index (χ0n) is 12.2. The molecule has 0 heterocycles. The summed E-state index contributed by atoms with van der Waals surface area (Å²) in [5.41, 5.74) is 6.16. The fourth-order valence-corrected chi connectivity index (χ4v) is 1.98. The highest BCUT2D eigenvalue weighted by Gasteiger charge is 2.21. The van der Waals surface area contributed by atoms with Gasteiger partial charge >= 0.3 is 0 Å². The Labute approximate surface area is 120 Å². The first-order valence-corrected chi connectivity index (χ1v) is 6.84. The molecule has 0 saturated heterocycles. The first-order chi connectivity index (χ1) is 9.54. The maximum Gasteiger partial charge on any atom is 0.255 e. The molecule has 108 valence electrons. The van der Waals surface area contributed by atoms with E-state index in [1.165, 1.54) is 18.2 Å². The fourth-order valence-electron chi connectivity index (χ4n) is 1.98. The largest absolute Gasteiger partial charge is 0.336 e. The van der Waals surface area contributed by atoms with E-state index in [4.69, 9.17) is 5.73 Å². The molecule has 0 aliphatic carbocycles. The minimum Gasteiger partial charge on any atom is -0.336 e. The van der Waals surface area contributed by atoms with E-state index in [0.29, 0.717) is 17.7 Å². The SMILES string of the molecule is CCC(C)N(CC)C(=O)c1cc(F)ccc1C#CCN. The van der Waals surface area contributed by atoms with E-state index in [-0.39, 0.29) is 18.5 Å². The summed E-state index contributed by atoms with van der Waals surface area (Å²) in [6, 6.07) is 4.17. The maximum atomic E-state index is 13.4. The van der Waals surface area contributed by atoms with Crippen LogP contribution >= 0.6 is 0 Å². The van der Waals surface area contributed by atoms with Gasteiger partial charge in [-0.15, -0.1) is 0 Å². The van der Waals surface area contributed by atoms with Crippen molar-refractivity contribution >= 4 is 5.91 Å². The normalized spacial score (nSPS) is 11.4. The number of rotatable bonds is 4. The lowest BCUT2D eigenvalue weighted by Crippen LogP contribution is -2.38. The van der Waals surface area contributed by atoms with Crippen LogP contribution in [0.1, 0.15) is 43.1 Å². The minimum absolute atomic E-state index is 0.103. The Bertz CT molecular complexity index is 531. The maximum absolute atomic E-state index is 13.4. The third-order valence-corrected chi connectivity index (χ3v) is 3.26. The summed E-state index contributed by atoms with van der Waals surface area (Å²) in [7, 11) is 0. The van der Waals surface area contributed by atoms with E-state index in [9.17, 15) is 9.18 Å². The molecule has 0 radical (unpaired) electrons. The second kappa shape index (κ2) is 7.66. The monoisotopic (exact) mass is 276 g/mol. The standard InChI is InChI=1S/C16H21FN2O/c1-4-12(3)19(5-2)16(20)15-11-14(17)9-8-13(15)7-6-10-18/h8-9,11-12H,4-5,10,18H2,1-3H3. The van der Waals surface area contributed by atoms with Crippen LogP contribution in [0.4, 0.5) is 4.39 Å². The number of hydrogen-bond donors (Lipinski definition) is 1. The first-order valence-electron chi connectivity index (χ1n) is 6.84. The number of hydrogen-bond acceptors (Lipinski definition) is 2. The highest BCUT2D eigenvalue weighted by atomic mass is 19.1. The van der Waals surface area contributed by atoms with Crippen molar-refractivity contribution in [1.82, 2.24) is 4.90 Å². The summed E-state index contributed by atoms with van der Waals surface area (Å²) in [4.78, 5) is 14.3. The van der Waals surface area contributed by atoms with Crippen molar-refractivity contribution in [3.8, 4) is 11.8 Å². The summed E-state index contributed by atoms with van der Waals surface area (Å²) in [5, 5.41) is 0. The molecule has 1 atom stereocenters. The molecule has 1 aromatic rings. The van der Waals surface area contributed by atoms with Gasteiger partial charge in [0.2, 0.25) is 0 Å². The van der Waals surface area contributed by atoms with Gasteiger partial charge in [0.15, 0.2) is 0 Å². The number of benzene rings is 1. The number of nitrogens with zero attached hydrogens (tertiary/aromatic N) is 1. The Kier molecular flexibility index (Phi) is 6.20. The lowest BCUT2D eigenvalue weighted by molar-refractivity contribution is 0.0699. The van der Waals surface area contributed by atoms with Gasteiger partial charge in [-0.3, -0.25) is 4.79 Å². The average molecular weight is 276 g/mol. The molecule has 0 aromatic heterocycles. The third-order valence-electron chi connectivity index (χ3n) is 3.26. The van der Waals surface area contributed by atoms with Crippen LogP contribution in [0.25, 0.3) is 0 Å². The fraction of sp³-hybridized carbons (Fsp3) is 0.438. The molecule has 0 bridgehead atoms. The zero-order chi connectivity index (χ0) is 15.1. The Morgan fingerprint density at radius 3 is 2.70 bits per heavy atom. The van der Waals surface area contributed by atoms with Gasteiger partial charge in [-0.05, 0) is 38.5 Å². The molecule has 2 N–H and O–H groups in total. The number of carbonyl (C=O) groups is 1. The van der Waals surface area contributed by atoms with E-state index >= 15 is 0 Å². The Morgan fingerprint density at radius 1 is 1.45 bits per heavy atom. The predicted octanol–water partition coefficient (Wildman–Crippen LogP) is 2.40. The van der Waals surface area contributed by atoms with E-state index in [1.807, 2.05) is 20.8 Å². The van der Waals surface area contributed by atoms with Crippen LogP contribution in [0.3, 0.4) is 0 Å². The highest BCUT2D eigenvalue weighted by molar-refractivity contribution is 5.97. The number of amides is 1. The van der Waals surface area contributed by atoms with E-state index in [0.717, 1.165) is 6.42 Å². The summed E-state index contributed by atoms with van der Waals surface area (Å²) >= 11 is 0. The third kappa shape index (κ3) is 3.82. The van der Waals surface area contributed by atoms with Crippen LogP contribution in [0, 0.1) is 17.7 Å². The van der Waals surface area contributed by atoms with E-state index in [2.05, 4.69) is 11.8 Å². The molecule has 0 aliphatic rings. The van der Waals surface area contributed by atoms with Crippen molar-refractivity contribution in [2.24, 2.45) is 5.73 Å². The predicted molar refractivity (Wildman–Crippen MR) is 78.8 cm³/mol. The number of carbonyl (C=O) groups excluding carboxylic acids is 1. The Morgan fingerprint density at radius 2 is 2.15 bits per heavy atom. The topological polar surface area (TPSA) is 46.3 Å². The van der Waals surface area contributed by atoms with Crippen molar-refractivity contribution in [3.63, 3.8) is 0 Å². The molecule has 1 rings (SSSR count). The number of nitrogens with two attached hydrogens (primary N) is 1. The van der Waals surface area contributed by atoms with Crippen LogP contribution in [0.5, 0.6) is 0 Å². The molecule has 0 fully saturated rings. The van der Waals surface area contributed by atoms with Gasteiger partial charge in [0.05, 0.1) is 12.1 Å². The van der Waals surface area contributed by atoms with E-state index < -0.39 is 5.82 Å². The highest BCUT2D eigenvalue weighted by Crippen LogP contribution is 2.16. The zero-order valence-corrected chi connectivity index (χ0v) is 12.2. The minimum atomic E-state index is -0.438. The van der Waals surface area contributed by atoms with Crippen molar-refractivity contribution < 1.29 is 9.18 Å². The molecular weight excluding hydrogens is 255 g/mol. The summed E-state index contributed by atoms with van der Waals surface area (Å²) in [5.74, 6) is 4.90. The van der Waals surface area contributed by atoms with Crippen LogP contribution in [0.15, 0.2) is 18.2 Å². The summed E-state index contributed by atoms with van der Waals surface area (Å²) in [6.45, 7) is 6.68. The first kappa shape index (κ1) is 16.2. The quantitative estimate of drug-likeness (QED) is 0.858. The van der Waals surface area contributed by atoms with Crippen LogP contribution in [0.2, 0.25) is 0 Å². The average Bonchev–Trinajstić information content (AvgIpc) is 2.46. The molecule has 3 nitrogen and oxygen atoms in total. The molecule has 20 heavy (non-hydrogen) atoms. The van der Waals surface area contributed by atoms with Crippen LogP contribution in [-0.2, 0) is 0 Å². The molecule has 1 aromatic carbocycles. The molecule has 4 heteroatoms. The molecule has 0 spiro atoms. The van der Waals surface area contributed by atoms with Crippen molar-refractivity contribution in [2.75, 3.05) is 13.1 Å². The van der Waals surface area contributed by atoms with Gasteiger partial charge in [-0.1, -0.05) is 18.8 Å².